The number of hydrogen-bond donors (Lipinski definition) is 1. The molecule has 5 heteroatoms. The summed E-state index contributed by atoms with van der Waals surface area (Å²) in [7, 11) is 0. The predicted molar refractivity (Wildman–Crippen MR) is 70.1 cm³/mol. The lowest BCUT2D eigenvalue weighted by atomic mass is 10.1. The van der Waals surface area contributed by atoms with Crippen molar-refractivity contribution in [1.29, 1.82) is 0 Å². The van der Waals surface area contributed by atoms with Crippen molar-refractivity contribution in [2.24, 2.45) is 0 Å². The largest absolute Gasteiger partial charge is 0.374 e. The molecule has 88 valence electrons. The molecule has 0 bridgehead atoms. The van der Waals surface area contributed by atoms with E-state index in [2.05, 4.69) is 46.3 Å². The molecule has 2 aromatic rings. The number of hydrogen-bond acceptors (Lipinski definition) is 5. The predicted octanol–water partition coefficient (Wildman–Crippen LogP) is 2.07. The van der Waals surface area contributed by atoms with Crippen LogP contribution in [0.2, 0.25) is 0 Å². The van der Waals surface area contributed by atoms with Crippen molar-refractivity contribution in [2.75, 3.05) is 10.6 Å². The molecule has 1 unspecified atom stereocenters. The molecule has 1 aliphatic heterocycles. The molecule has 1 aromatic heterocycles. The molecule has 0 saturated carbocycles. The lowest BCUT2D eigenvalue weighted by Gasteiger charge is -2.23. The highest BCUT2D eigenvalue weighted by atomic mass is 32.1. The standard InChI is InChI=1S/C12H14N4S/c1-8-6-9-4-2-3-5-10(9)16(8)7-11-14-15-12(13)17-11/h2-5,8H,6-7H2,1H3,(H2,13,15). The van der Waals surface area contributed by atoms with Crippen molar-refractivity contribution in [3.8, 4) is 0 Å². The van der Waals surface area contributed by atoms with E-state index in [4.69, 9.17) is 5.73 Å². The first-order valence-corrected chi connectivity index (χ1v) is 6.48. The smallest absolute Gasteiger partial charge is 0.203 e. The average Bonchev–Trinajstić information content (AvgIpc) is 2.85. The second-order valence-corrected chi connectivity index (χ2v) is 5.44. The molecule has 4 nitrogen and oxygen atoms in total. The summed E-state index contributed by atoms with van der Waals surface area (Å²) in [5.74, 6) is 0. The normalized spacial score (nSPS) is 18.4. The third kappa shape index (κ3) is 1.86. The summed E-state index contributed by atoms with van der Waals surface area (Å²) in [4.78, 5) is 2.37. The number of para-hydroxylation sites is 1. The molecule has 0 amide bonds. The first-order valence-electron chi connectivity index (χ1n) is 5.66. The first-order chi connectivity index (χ1) is 8.24. The van der Waals surface area contributed by atoms with Gasteiger partial charge in [-0.3, -0.25) is 0 Å². The molecule has 3 rings (SSSR count). The van der Waals surface area contributed by atoms with Crippen LogP contribution in [0, 0.1) is 0 Å². The summed E-state index contributed by atoms with van der Waals surface area (Å²) in [6, 6.07) is 9.05. The molecule has 1 aromatic carbocycles. The van der Waals surface area contributed by atoms with Crippen molar-refractivity contribution >= 4 is 22.2 Å². The van der Waals surface area contributed by atoms with Crippen LogP contribution in [-0.4, -0.2) is 16.2 Å². The molecule has 1 atom stereocenters. The van der Waals surface area contributed by atoms with Crippen LogP contribution >= 0.6 is 11.3 Å². The van der Waals surface area contributed by atoms with Crippen molar-refractivity contribution in [2.45, 2.75) is 25.9 Å². The van der Waals surface area contributed by atoms with Crippen molar-refractivity contribution in [3.05, 3.63) is 34.8 Å². The van der Waals surface area contributed by atoms with Gasteiger partial charge in [-0.25, -0.2) is 0 Å². The van der Waals surface area contributed by atoms with E-state index in [-0.39, 0.29) is 0 Å². The van der Waals surface area contributed by atoms with E-state index in [0.717, 1.165) is 18.0 Å². The molecule has 0 aliphatic carbocycles. The van der Waals surface area contributed by atoms with E-state index in [9.17, 15) is 0 Å². The van der Waals surface area contributed by atoms with E-state index >= 15 is 0 Å². The number of aromatic nitrogens is 2. The number of fused-ring (bicyclic) bond motifs is 1. The Morgan fingerprint density at radius 2 is 2.24 bits per heavy atom. The number of benzene rings is 1. The van der Waals surface area contributed by atoms with Gasteiger partial charge in [0.15, 0.2) is 0 Å². The maximum atomic E-state index is 5.61. The Labute approximate surface area is 104 Å². The Hall–Kier alpha value is -1.62. The molecular weight excluding hydrogens is 232 g/mol. The van der Waals surface area contributed by atoms with E-state index in [1.807, 2.05) is 0 Å². The van der Waals surface area contributed by atoms with Crippen LogP contribution in [0.1, 0.15) is 17.5 Å². The van der Waals surface area contributed by atoms with Gasteiger partial charge in [-0.2, -0.15) is 0 Å². The van der Waals surface area contributed by atoms with Gasteiger partial charge < -0.3 is 10.6 Å². The van der Waals surface area contributed by atoms with Crippen LogP contribution in [0.25, 0.3) is 0 Å². The molecule has 0 radical (unpaired) electrons. The summed E-state index contributed by atoms with van der Waals surface area (Å²) in [6.07, 6.45) is 1.10. The quantitative estimate of drug-likeness (QED) is 0.881. The summed E-state index contributed by atoms with van der Waals surface area (Å²) in [5.41, 5.74) is 8.34. The van der Waals surface area contributed by atoms with Gasteiger partial charge in [0, 0.05) is 11.7 Å². The van der Waals surface area contributed by atoms with Gasteiger partial charge in [-0.15, -0.1) is 10.2 Å². The zero-order chi connectivity index (χ0) is 11.8. The summed E-state index contributed by atoms with van der Waals surface area (Å²) in [5, 5.41) is 9.47. The number of anilines is 2. The molecule has 0 spiro atoms. The van der Waals surface area contributed by atoms with Crippen LogP contribution in [0.4, 0.5) is 10.8 Å². The fourth-order valence-corrected chi connectivity index (χ4v) is 2.96. The summed E-state index contributed by atoms with van der Waals surface area (Å²) >= 11 is 1.47. The van der Waals surface area contributed by atoms with E-state index in [0.29, 0.717) is 11.2 Å². The summed E-state index contributed by atoms with van der Waals surface area (Å²) < 4.78 is 0. The Kier molecular flexibility index (Phi) is 2.48. The highest BCUT2D eigenvalue weighted by Crippen LogP contribution is 2.33. The minimum atomic E-state index is 0.512. The van der Waals surface area contributed by atoms with Gasteiger partial charge in [-0.05, 0) is 25.0 Å². The second kappa shape index (κ2) is 4.00. The fraction of sp³-hybridized carbons (Fsp3) is 0.333. The lowest BCUT2D eigenvalue weighted by molar-refractivity contribution is 0.667. The third-order valence-electron chi connectivity index (χ3n) is 3.14. The second-order valence-electron chi connectivity index (χ2n) is 4.34. The van der Waals surface area contributed by atoms with Gasteiger partial charge in [0.25, 0.3) is 0 Å². The van der Waals surface area contributed by atoms with Gasteiger partial charge in [0.2, 0.25) is 5.13 Å². The molecule has 0 fully saturated rings. The van der Waals surface area contributed by atoms with Gasteiger partial charge in [-0.1, -0.05) is 29.5 Å². The van der Waals surface area contributed by atoms with Gasteiger partial charge in [0.05, 0.1) is 6.54 Å². The molecule has 17 heavy (non-hydrogen) atoms. The van der Waals surface area contributed by atoms with E-state index < -0.39 is 0 Å². The van der Waals surface area contributed by atoms with Crippen LogP contribution in [0.3, 0.4) is 0 Å². The van der Waals surface area contributed by atoms with Gasteiger partial charge in [0.1, 0.15) is 5.01 Å². The maximum absolute atomic E-state index is 5.61. The minimum Gasteiger partial charge on any atom is -0.374 e. The van der Waals surface area contributed by atoms with Crippen molar-refractivity contribution < 1.29 is 0 Å². The Morgan fingerprint density at radius 1 is 1.41 bits per heavy atom. The fourth-order valence-electron chi connectivity index (χ4n) is 2.35. The zero-order valence-electron chi connectivity index (χ0n) is 9.63. The lowest BCUT2D eigenvalue weighted by Crippen LogP contribution is -2.28. The van der Waals surface area contributed by atoms with E-state index in [1.165, 1.54) is 22.6 Å². The van der Waals surface area contributed by atoms with Crippen LogP contribution in [0.15, 0.2) is 24.3 Å². The number of rotatable bonds is 2. The maximum Gasteiger partial charge on any atom is 0.203 e. The molecule has 0 saturated heterocycles. The Balaban J connectivity index is 1.88. The minimum absolute atomic E-state index is 0.512. The number of nitrogens with two attached hydrogens (primary N) is 1. The summed E-state index contributed by atoms with van der Waals surface area (Å²) in [6.45, 7) is 3.04. The highest BCUT2D eigenvalue weighted by Gasteiger charge is 2.26. The van der Waals surface area contributed by atoms with Crippen molar-refractivity contribution in [3.63, 3.8) is 0 Å². The SMILES string of the molecule is CC1Cc2ccccc2N1Cc1nnc(N)s1. The first kappa shape index (κ1) is 10.5. The molecule has 1 aliphatic rings. The van der Waals surface area contributed by atoms with E-state index in [1.54, 1.807) is 0 Å². The third-order valence-corrected chi connectivity index (χ3v) is 3.87. The Morgan fingerprint density at radius 3 is 3.00 bits per heavy atom. The average molecular weight is 246 g/mol. The Bertz CT molecular complexity index is 537. The monoisotopic (exact) mass is 246 g/mol. The number of nitrogen functional groups attached to an aromatic ring is 1. The van der Waals surface area contributed by atoms with Crippen LogP contribution < -0.4 is 10.6 Å². The van der Waals surface area contributed by atoms with Gasteiger partial charge >= 0.3 is 0 Å². The van der Waals surface area contributed by atoms with Crippen molar-refractivity contribution in [1.82, 2.24) is 10.2 Å². The molecular formula is C12H14N4S. The zero-order valence-corrected chi connectivity index (χ0v) is 10.4. The van der Waals surface area contributed by atoms with Crippen LogP contribution in [-0.2, 0) is 13.0 Å². The van der Waals surface area contributed by atoms with Crippen LogP contribution in [0.5, 0.6) is 0 Å². The molecule has 2 heterocycles. The highest BCUT2D eigenvalue weighted by molar-refractivity contribution is 7.15. The number of nitrogens with zero attached hydrogens (tertiary/aromatic N) is 3. The molecule has 2 N–H and O–H groups in total. The topological polar surface area (TPSA) is 55.0 Å².